The van der Waals surface area contributed by atoms with Crippen molar-refractivity contribution < 1.29 is 33.1 Å². The van der Waals surface area contributed by atoms with E-state index < -0.39 is 50.3 Å². The number of sulfonamides is 1. The first kappa shape index (κ1) is 37.3. The second kappa shape index (κ2) is 17.9. The highest BCUT2D eigenvalue weighted by molar-refractivity contribution is 7.90. The summed E-state index contributed by atoms with van der Waals surface area (Å²) in [5.74, 6) is -1.29. The second-order valence-electron chi connectivity index (χ2n) is 16.3. The quantitative estimate of drug-likeness (QED) is 0.0764. The van der Waals surface area contributed by atoms with Crippen LogP contribution >= 0.6 is 11.6 Å². The van der Waals surface area contributed by atoms with Crippen LogP contribution in [-0.2, 0) is 14.8 Å². The highest BCUT2D eigenvalue weighted by Crippen LogP contribution is 2.43. The predicted octanol–water partition coefficient (Wildman–Crippen LogP) is 8.66. The molecule has 8 rings (SSSR count). The Hall–Kier alpha value is -5.48. The first-order valence-electron chi connectivity index (χ1n) is 22.2. The van der Waals surface area contributed by atoms with Gasteiger partial charge in [0.15, 0.2) is 0 Å². The number of nitrogens with one attached hydrogen (secondary N) is 3. The number of ether oxygens (including phenoxy) is 2. The number of H-pyrrole nitrogens is 1. The number of rotatable bonds is 13. The van der Waals surface area contributed by atoms with E-state index in [-0.39, 0.29) is 28.2 Å². The molecule has 0 radical (unpaired) electrons. The van der Waals surface area contributed by atoms with Gasteiger partial charge in [0.25, 0.3) is 21.6 Å². The van der Waals surface area contributed by atoms with Crippen LogP contribution in [0.15, 0.2) is 95.7 Å². The lowest BCUT2D eigenvalue weighted by molar-refractivity contribution is -0.384. The fourth-order valence-electron chi connectivity index (χ4n) is 7.88. The average molecular weight is 872 g/mol. The van der Waals surface area contributed by atoms with Crippen molar-refractivity contribution in [3.05, 3.63) is 117 Å². The predicted molar refractivity (Wildman–Crippen MR) is 237 cm³/mol. The fourth-order valence-corrected chi connectivity index (χ4v) is 8.99. The lowest BCUT2D eigenvalue weighted by Crippen LogP contribution is -2.47. The Morgan fingerprint density at radius 1 is 1.07 bits per heavy atom. The van der Waals surface area contributed by atoms with Gasteiger partial charge in [-0.1, -0.05) is 43.2 Å². The number of benzene rings is 3. The summed E-state index contributed by atoms with van der Waals surface area (Å²) >= 11 is 6.22. The minimum absolute atomic E-state index is 0.00750. The van der Waals surface area contributed by atoms with Gasteiger partial charge in [0, 0.05) is 92.3 Å². The zero-order chi connectivity index (χ0) is 46.3. The molecule has 2 fully saturated rings. The number of hydrogen-bond donors (Lipinski definition) is 3. The summed E-state index contributed by atoms with van der Waals surface area (Å²) in [6.45, 7) is 2.98. The fraction of sp³-hybridized carbons (Fsp3) is 0.378. The average Bonchev–Trinajstić information content (AvgIpc) is 3.74. The second-order valence-corrected chi connectivity index (χ2v) is 18.4. The number of halogens is 1. The summed E-state index contributed by atoms with van der Waals surface area (Å²) in [6, 6.07) is 18.8. The molecule has 16 heteroatoms. The molecule has 0 saturated carbocycles. The summed E-state index contributed by atoms with van der Waals surface area (Å²) < 4.78 is 77.2. The van der Waals surface area contributed by atoms with Gasteiger partial charge in [0.2, 0.25) is 0 Å². The molecule has 0 bridgehead atoms. The molecule has 5 aromatic rings. The molecule has 1 aliphatic carbocycles. The van der Waals surface area contributed by atoms with E-state index >= 15 is 0 Å². The zero-order valence-corrected chi connectivity index (χ0v) is 35.4. The van der Waals surface area contributed by atoms with Crippen molar-refractivity contribution in [1.82, 2.24) is 19.6 Å². The molecule has 14 nitrogen and oxygen atoms in total. The number of piperazine rings is 1. The number of carbonyl (C=O) groups is 1. The van der Waals surface area contributed by atoms with Crippen LogP contribution in [0, 0.1) is 21.4 Å². The van der Waals surface area contributed by atoms with Gasteiger partial charge < -0.3 is 24.7 Å². The maximum atomic E-state index is 14.0. The number of nitro groups is 1. The van der Waals surface area contributed by atoms with Gasteiger partial charge in [0.1, 0.15) is 22.8 Å². The Morgan fingerprint density at radius 3 is 2.59 bits per heavy atom. The van der Waals surface area contributed by atoms with Crippen LogP contribution in [0.5, 0.6) is 11.5 Å². The molecule has 1 amide bonds. The maximum absolute atomic E-state index is 14.0. The number of anilines is 2. The topological polar surface area (TPSA) is 172 Å². The van der Waals surface area contributed by atoms with E-state index in [1.54, 1.807) is 30.5 Å². The Morgan fingerprint density at radius 2 is 1.84 bits per heavy atom. The normalized spacial score (nSPS) is 19.1. The van der Waals surface area contributed by atoms with E-state index in [0.29, 0.717) is 75.0 Å². The Labute approximate surface area is 366 Å². The number of amides is 1. The minimum Gasteiger partial charge on any atom is -0.455 e. The van der Waals surface area contributed by atoms with Crippen LogP contribution in [-0.4, -0.2) is 86.5 Å². The summed E-state index contributed by atoms with van der Waals surface area (Å²) in [4.78, 5) is 36.1. The number of hydrogen-bond acceptors (Lipinski definition) is 11. The van der Waals surface area contributed by atoms with Crippen LogP contribution in [0.25, 0.3) is 16.6 Å². The SMILES string of the molecule is [2H]C([2H])(Nc1ccc(S(=O)(=O)NC(=O)c2ccc(N3CCN(C([2H])([2H])C4=C(c5ccc(Cl)cc5)CC(C)(C)CC4)CC3)cc2Oc2cnc3[nH]ccc3c2)cc1[N+](=O)[O-])C1CCOCC1. The molecule has 320 valence electrons. The third-order valence-corrected chi connectivity index (χ3v) is 12.9. The van der Waals surface area contributed by atoms with Crippen LogP contribution < -0.4 is 19.7 Å². The van der Waals surface area contributed by atoms with Gasteiger partial charge in [-0.25, -0.2) is 18.1 Å². The summed E-state index contributed by atoms with van der Waals surface area (Å²) in [5, 5.41) is 16.1. The van der Waals surface area contributed by atoms with E-state index in [9.17, 15) is 26.1 Å². The molecule has 61 heavy (non-hydrogen) atoms. The lowest BCUT2D eigenvalue weighted by Gasteiger charge is -2.39. The smallest absolute Gasteiger partial charge is 0.293 e. The lowest BCUT2D eigenvalue weighted by atomic mass is 9.72. The Kier molecular flexibility index (Phi) is 10.9. The van der Waals surface area contributed by atoms with Crippen molar-refractivity contribution >= 4 is 61.2 Å². The van der Waals surface area contributed by atoms with Gasteiger partial charge in [-0.2, -0.15) is 0 Å². The van der Waals surface area contributed by atoms with Crippen molar-refractivity contribution in [2.45, 2.75) is 50.8 Å². The van der Waals surface area contributed by atoms with Crippen molar-refractivity contribution in [2.75, 3.05) is 62.6 Å². The van der Waals surface area contributed by atoms with Gasteiger partial charge in [-0.15, -0.1) is 0 Å². The van der Waals surface area contributed by atoms with Gasteiger partial charge in [-0.3, -0.25) is 19.8 Å². The van der Waals surface area contributed by atoms with E-state index in [1.807, 2.05) is 38.8 Å². The summed E-state index contributed by atoms with van der Waals surface area (Å²) in [6.07, 6.45) is 6.19. The van der Waals surface area contributed by atoms with Crippen LogP contribution in [0.1, 0.15) is 67.4 Å². The van der Waals surface area contributed by atoms with Crippen molar-refractivity contribution in [3.8, 4) is 11.5 Å². The number of allylic oxidation sites excluding steroid dienone is 1. The first-order chi connectivity index (χ1) is 30.8. The number of nitro benzene ring substituents is 1. The number of fused-ring (bicyclic) bond motifs is 1. The molecule has 2 aromatic heterocycles. The largest absolute Gasteiger partial charge is 0.455 e. The number of nitrogens with zero attached hydrogens (tertiary/aromatic N) is 4. The van der Waals surface area contributed by atoms with E-state index in [1.165, 1.54) is 12.3 Å². The molecule has 3 aliphatic rings. The van der Waals surface area contributed by atoms with Crippen LogP contribution in [0.2, 0.25) is 5.02 Å². The van der Waals surface area contributed by atoms with Crippen LogP contribution in [0.4, 0.5) is 17.1 Å². The molecule has 3 N–H and O–H groups in total. The van der Waals surface area contributed by atoms with Gasteiger partial charge in [-0.05, 0) is 103 Å². The van der Waals surface area contributed by atoms with Crippen molar-refractivity contribution in [3.63, 3.8) is 0 Å². The molecule has 2 aliphatic heterocycles. The Bertz CT molecular complexity index is 2760. The van der Waals surface area contributed by atoms with E-state index in [4.69, 9.17) is 23.8 Å². The zero-order valence-electron chi connectivity index (χ0n) is 37.9. The molecular weight excluding hydrogens is 818 g/mol. The maximum Gasteiger partial charge on any atom is 0.293 e. The third-order valence-electron chi connectivity index (χ3n) is 11.4. The van der Waals surface area contributed by atoms with Crippen LogP contribution in [0.3, 0.4) is 0 Å². The number of carbonyl (C=O) groups excluding carboxylic acids is 1. The molecule has 0 unspecified atom stereocenters. The third kappa shape index (κ3) is 10.0. The molecule has 3 aromatic carbocycles. The van der Waals surface area contributed by atoms with Crippen molar-refractivity contribution in [1.29, 1.82) is 0 Å². The molecule has 4 heterocycles. The highest BCUT2D eigenvalue weighted by atomic mass is 35.5. The van der Waals surface area contributed by atoms with E-state index in [0.717, 1.165) is 53.1 Å². The summed E-state index contributed by atoms with van der Waals surface area (Å²) in [5.41, 5.74) is 2.96. The monoisotopic (exact) mass is 871 g/mol. The summed E-state index contributed by atoms with van der Waals surface area (Å²) in [7, 11) is -4.72. The standard InChI is InChI=1S/C45H50ClN7O7S/c1-45(2)15-11-33(39(26-45)31-3-5-34(46)6-4-31)29-51-17-19-52(20-18-51)35-7-9-38(42(24-35)60-36-23-32-12-16-47-43(32)49-28-36)44(54)50-61(57,58)37-8-10-40(41(25-37)53(55)56)48-27-30-13-21-59-22-14-30/h3-10,12,16,23-25,28,30,48H,11,13-15,17-22,26-27,29H2,1-2H3,(H,47,49)(H,50,54)/i27D2,29D2. The number of aromatic amines is 1. The minimum atomic E-state index is -4.72. The van der Waals surface area contributed by atoms with Crippen molar-refractivity contribution in [2.24, 2.45) is 11.3 Å². The van der Waals surface area contributed by atoms with Gasteiger partial charge in [0.05, 0.1) is 21.6 Å². The molecular formula is C45H50ClN7O7S. The molecule has 0 atom stereocenters. The highest BCUT2D eigenvalue weighted by Gasteiger charge is 2.31. The molecule has 0 spiro atoms. The Balaban J connectivity index is 1.04. The number of aromatic nitrogens is 2. The van der Waals surface area contributed by atoms with Gasteiger partial charge >= 0.3 is 0 Å². The van der Waals surface area contributed by atoms with E-state index in [2.05, 4.69) is 29.1 Å². The molecule has 2 saturated heterocycles. The first-order valence-corrected chi connectivity index (χ1v) is 22.1. The number of pyridine rings is 1.